The minimum Gasteiger partial charge on any atom is -0.494 e. The second-order valence-corrected chi connectivity index (χ2v) is 6.11. The number of carboxylic acids is 1. The molecule has 0 unspecified atom stereocenters. The van der Waals surface area contributed by atoms with E-state index >= 15 is 0 Å². The fraction of sp³-hybridized carbons (Fsp3) is 0.333. The van der Waals surface area contributed by atoms with Gasteiger partial charge in [0, 0.05) is 13.0 Å². The van der Waals surface area contributed by atoms with Crippen molar-refractivity contribution in [3.05, 3.63) is 65.2 Å². The molecule has 2 aromatic carbocycles. The molecule has 0 saturated carbocycles. The second-order valence-electron chi connectivity index (χ2n) is 6.11. The Morgan fingerprint density at radius 3 is 2.19 bits per heavy atom. The molecule has 0 heterocycles. The van der Waals surface area contributed by atoms with Gasteiger partial charge in [-0.05, 0) is 41.7 Å². The molecule has 0 radical (unpaired) electrons. The number of benzene rings is 2. The lowest BCUT2D eigenvalue weighted by atomic mass is 10.1. The number of carboxylic acid groups (broad SMARTS) is 1. The molecule has 26 heavy (non-hydrogen) atoms. The van der Waals surface area contributed by atoms with Crippen molar-refractivity contribution in [3.8, 4) is 5.75 Å². The van der Waals surface area contributed by atoms with E-state index in [1.807, 2.05) is 36.4 Å². The zero-order chi connectivity index (χ0) is 18.8. The summed E-state index contributed by atoms with van der Waals surface area (Å²) < 4.78 is 5.48. The molecule has 5 heteroatoms. The van der Waals surface area contributed by atoms with E-state index in [1.54, 1.807) is 0 Å². The lowest BCUT2D eigenvalue weighted by Gasteiger charge is -2.08. The number of aliphatic carboxylic acids is 1. The summed E-state index contributed by atoms with van der Waals surface area (Å²) in [6.45, 7) is 2.94. The number of hydrogen-bond acceptors (Lipinski definition) is 3. The fourth-order valence-corrected chi connectivity index (χ4v) is 2.46. The zero-order valence-electron chi connectivity index (χ0n) is 15.0. The van der Waals surface area contributed by atoms with Gasteiger partial charge in [-0.1, -0.05) is 43.3 Å². The predicted octanol–water partition coefficient (Wildman–Crippen LogP) is 3.35. The van der Waals surface area contributed by atoms with Gasteiger partial charge in [-0.2, -0.15) is 0 Å². The van der Waals surface area contributed by atoms with E-state index in [0.717, 1.165) is 17.5 Å². The van der Waals surface area contributed by atoms with Crippen molar-refractivity contribution in [2.75, 3.05) is 6.61 Å². The van der Waals surface area contributed by atoms with Crippen molar-refractivity contribution in [1.29, 1.82) is 0 Å². The van der Waals surface area contributed by atoms with Gasteiger partial charge in [-0.3, -0.25) is 9.59 Å². The van der Waals surface area contributed by atoms with Crippen LogP contribution in [0.1, 0.15) is 36.5 Å². The van der Waals surface area contributed by atoms with Gasteiger partial charge >= 0.3 is 5.97 Å². The first-order chi connectivity index (χ1) is 12.6. The number of carbonyl (C=O) groups is 2. The van der Waals surface area contributed by atoms with Gasteiger partial charge in [0.1, 0.15) is 5.75 Å². The first kappa shape index (κ1) is 19.5. The molecule has 0 bridgehead atoms. The maximum Gasteiger partial charge on any atom is 0.303 e. The average Bonchev–Trinajstić information content (AvgIpc) is 2.65. The van der Waals surface area contributed by atoms with Gasteiger partial charge in [-0.25, -0.2) is 0 Å². The van der Waals surface area contributed by atoms with Crippen LogP contribution in [0.25, 0.3) is 0 Å². The van der Waals surface area contributed by atoms with Crippen LogP contribution in [0.5, 0.6) is 5.75 Å². The minimum atomic E-state index is -0.819. The van der Waals surface area contributed by atoms with E-state index in [0.29, 0.717) is 31.7 Å². The van der Waals surface area contributed by atoms with E-state index in [1.165, 1.54) is 5.56 Å². The lowest BCUT2D eigenvalue weighted by Crippen LogP contribution is -2.24. The number of hydrogen-bond donors (Lipinski definition) is 2. The molecule has 2 N–H and O–H groups in total. The molecule has 138 valence electrons. The Bertz CT molecular complexity index is 708. The Morgan fingerprint density at radius 2 is 1.58 bits per heavy atom. The van der Waals surface area contributed by atoms with E-state index < -0.39 is 5.97 Å². The molecule has 0 aliphatic carbocycles. The van der Waals surface area contributed by atoms with Gasteiger partial charge in [0.2, 0.25) is 5.91 Å². The number of aryl methyl sites for hydroxylation is 1. The third-order valence-electron chi connectivity index (χ3n) is 4.01. The van der Waals surface area contributed by atoms with Gasteiger partial charge in [0.15, 0.2) is 0 Å². The maximum absolute atomic E-state index is 12.1. The molecule has 0 aliphatic rings. The Kier molecular flexibility index (Phi) is 7.68. The summed E-state index contributed by atoms with van der Waals surface area (Å²) in [5.74, 6) is -0.134. The van der Waals surface area contributed by atoms with Crippen molar-refractivity contribution in [2.24, 2.45) is 0 Å². The van der Waals surface area contributed by atoms with E-state index in [4.69, 9.17) is 9.84 Å². The molecule has 0 saturated heterocycles. The van der Waals surface area contributed by atoms with Gasteiger partial charge < -0.3 is 15.2 Å². The Balaban J connectivity index is 1.72. The van der Waals surface area contributed by atoms with Crippen molar-refractivity contribution < 1.29 is 19.4 Å². The lowest BCUT2D eigenvalue weighted by molar-refractivity contribution is -0.137. The standard InChI is InChI=1S/C21H25NO4/c1-2-16-5-7-17(8-6-16)14-20(23)22-15-18-9-11-19(12-10-18)26-13-3-4-21(24)25/h5-12H,2-4,13-15H2,1H3,(H,22,23)(H,24,25). The van der Waals surface area contributed by atoms with Crippen LogP contribution in [0.15, 0.2) is 48.5 Å². The monoisotopic (exact) mass is 355 g/mol. The van der Waals surface area contributed by atoms with Crippen LogP contribution < -0.4 is 10.1 Å². The number of carbonyl (C=O) groups excluding carboxylic acids is 1. The molecule has 2 aromatic rings. The third kappa shape index (κ3) is 6.97. The number of nitrogens with one attached hydrogen (secondary N) is 1. The fourth-order valence-electron chi connectivity index (χ4n) is 2.46. The largest absolute Gasteiger partial charge is 0.494 e. The van der Waals surface area contributed by atoms with Crippen LogP contribution in [0, 0.1) is 0 Å². The summed E-state index contributed by atoms with van der Waals surface area (Å²) in [4.78, 5) is 22.5. The highest BCUT2D eigenvalue weighted by atomic mass is 16.5. The summed E-state index contributed by atoms with van der Waals surface area (Å²) in [5, 5.41) is 11.5. The smallest absolute Gasteiger partial charge is 0.303 e. The number of amides is 1. The highest BCUT2D eigenvalue weighted by molar-refractivity contribution is 5.78. The van der Waals surface area contributed by atoms with Crippen molar-refractivity contribution >= 4 is 11.9 Å². The van der Waals surface area contributed by atoms with Crippen LogP contribution >= 0.6 is 0 Å². The molecule has 0 aliphatic heterocycles. The highest BCUT2D eigenvalue weighted by Gasteiger charge is 2.04. The molecule has 1 amide bonds. The summed E-state index contributed by atoms with van der Waals surface area (Å²) in [6.07, 6.45) is 1.94. The normalized spacial score (nSPS) is 10.3. The number of ether oxygens (including phenoxy) is 1. The summed E-state index contributed by atoms with van der Waals surface area (Å²) in [7, 11) is 0. The molecule has 0 fully saturated rings. The third-order valence-corrected chi connectivity index (χ3v) is 4.01. The van der Waals surface area contributed by atoms with Crippen molar-refractivity contribution in [1.82, 2.24) is 5.32 Å². The minimum absolute atomic E-state index is 0.0109. The van der Waals surface area contributed by atoms with Crippen LogP contribution in [0.2, 0.25) is 0 Å². The van der Waals surface area contributed by atoms with Crippen LogP contribution in [-0.2, 0) is 29.0 Å². The average molecular weight is 355 g/mol. The summed E-state index contributed by atoms with van der Waals surface area (Å²) in [6, 6.07) is 15.5. The second kappa shape index (κ2) is 10.2. The highest BCUT2D eigenvalue weighted by Crippen LogP contribution is 2.13. The Labute approximate surface area is 154 Å². The Morgan fingerprint density at radius 1 is 0.962 bits per heavy atom. The van der Waals surface area contributed by atoms with Crippen molar-refractivity contribution in [3.63, 3.8) is 0 Å². The van der Waals surface area contributed by atoms with Crippen molar-refractivity contribution in [2.45, 2.75) is 39.2 Å². The summed E-state index contributed by atoms with van der Waals surface area (Å²) in [5.41, 5.74) is 3.25. The van der Waals surface area contributed by atoms with E-state index in [2.05, 4.69) is 24.4 Å². The SMILES string of the molecule is CCc1ccc(CC(=O)NCc2ccc(OCCCC(=O)O)cc2)cc1. The quantitative estimate of drug-likeness (QED) is 0.641. The molecule has 5 nitrogen and oxygen atoms in total. The summed E-state index contributed by atoms with van der Waals surface area (Å²) >= 11 is 0. The first-order valence-electron chi connectivity index (χ1n) is 8.85. The molecule has 0 spiro atoms. The maximum atomic E-state index is 12.1. The molecule has 0 atom stereocenters. The molecular formula is C21H25NO4. The molecule has 2 rings (SSSR count). The van der Waals surface area contributed by atoms with Crippen LogP contribution in [-0.4, -0.2) is 23.6 Å². The molecular weight excluding hydrogens is 330 g/mol. The predicted molar refractivity (Wildman–Crippen MR) is 100 cm³/mol. The topological polar surface area (TPSA) is 75.6 Å². The molecule has 0 aromatic heterocycles. The first-order valence-corrected chi connectivity index (χ1v) is 8.85. The number of rotatable bonds is 10. The van der Waals surface area contributed by atoms with E-state index in [-0.39, 0.29) is 12.3 Å². The van der Waals surface area contributed by atoms with Gasteiger partial charge in [-0.15, -0.1) is 0 Å². The van der Waals surface area contributed by atoms with Gasteiger partial charge in [0.05, 0.1) is 13.0 Å². The van der Waals surface area contributed by atoms with E-state index in [9.17, 15) is 9.59 Å². The van der Waals surface area contributed by atoms with Crippen LogP contribution in [0.3, 0.4) is 0 Å². The van der Waals surface area contributed by atoms with Crippen LogP contribution in [0.4, 0.5) is 0 Å². The Hall–Kier alpha value is -2.82. The zero-order valence-corrected chi connectivity index (χ0v) is 15.0. The van der Waals surface area contributed by atoms with Gasteiger partial charge in [0.25, 0.3) is 0 Å².